The minimum atomic E-state index is -0.271. The van der Waals surface area contributed by atoms with Crippen molar-refractivity contribution >= 4 is 5.69 Å². The summed E-state index contributed by atoms with van der Waals surface area (Å²) in [5.41, 5.74) is 8.22. The van der Waals surface area contributed by atoms with E-state index in [1.807, 2.05) is 19.1 Å². The molecule has 0 bridgehead atoms. The highest BCUT2D eigenvalue weighted by Crippen LogP contribution is 2.31. The Morgan fingerprint density at radius 2 is 1.76 bits per heavy atom. The molecule has 17 heavy (non-hydrogen) atoms. The summed E-state index contributed by atoms with van der Waals surface area (Å²) in [4.78, 5) is 0. The molecule has 3 heteroatoms. The van der Waals surface area contributed by atoms with Crippen LogP contribution in [0.5, 0.6) is 11.5 Å². The molecule has 2 rings (SSSR count). The summed E-state index contributed by atoms with van der Waals surface area (Å²) in [6.45, 7) is 3.71. The molecule has 88 valence electrons. The maximum Gasteiger partial charge on any atom is 0.150 e. The summed E-state index contributed by atoms with van der Waals surface area (Å²) in [5, 5.41) is 0. The van der Waals surface area contributed by atoms with E-state index in [2.05, 4.69) is 0 Å². The number of ether oxygens (including phenoxy) is 1. The molecule has 2 aromatic carbocycles. The van der Waals surface area contributed by atoms with Crippen LogP contribution in [0.2, 0.25) is 0 Å². The highest BCUT2D eigenvalue weighted by atomic mass is 19.1. The normalized spacial score (nSPS) is 10.3. The number of hydrogen-bond acceptors (Lipinski definition) is 2. The zero-order valence-electron chi connectivity index (χ0n) is 9.83. The number of nitrogen functional groups attached to an aromatic ring is 1. The molecule has 0 heterocycles. The number of hydrogen-bond donors (Lipinski definition) is 1. The second-order valence-corrected chi connectivity index (χ2v) is 4.00. The standard InChI is InChI=1S/C14H14FNO/c1-9-4-3-5-13(14(9)16)17-12-7-6-11(15)8-10(12)2/h3-8H,16H2,1-2H3. The molecule has 0 aliphatic heterocycles. The molecule has 0 aliphatic rings. The first-order valence-electron chi connectivity index (χ1n) is 5.37. The van der Waals surface area contributed by atoms with Crippen molar-refractivity contribution in [2.45, 2.75) is 13.8 Å². The van der Waals surface area contributed by atoms with Crippen LogP contribution in [-0.2, 0) is 0 Å². The summed E-state index contributed by atoms with van der Waals surface area (Å²) >= 11 is 0. The van der Waals surface area contributed by atoms with Crippen molar-refractivity contribution in [1.29, 1.82) is 0 Å². The quantitative estimate of drug-likeness (QED) is 0.797. The maximum atomic E-state index is 12.9. The lowest BCUT2D eigenvalue weighted by molar-refractivity contribution is 0.478. The first-order chi connectivity index (χ1) is 8.08. The van der Waals surface area contributed by atoms with Crippen molar-refractivity contribution in [3.63, 3.8) is 0 Å². The topological polar surface area (TPSA) is 35.2 Å². The minimum absolute atomic E-state index is 0.271. The molecule has 0 amide bonds. The molecule has 0 saturated heterocycles. The van der Waals surface area contributed by atoms with Gasteiger partial charge in [0.25, 0.3) is 0 Å². The van der Waals surface area contributed by atoms with Crippen LogP contribution < -0.4 is 10.5 Å². The monoisotopic (exact) mass is 231 g/mol. The van der Waals surface area contributed by atoms with E-state index >= 15 is 0 Å². The van der Waals surface area contributed by atoms with Crippen molar-refractivity contribution in [2.75, 3.05) is 5.73 Å². The Kier molecular flexibility index (Phi) is 3.00. The van der Waals surface area contributed by atoms with Gasteiger partial charge >= 0.3 is 0 Å². The first kappa shape index (κ1) is 11.5. The zero-order chi connectivity index (χ0) is 12.4. The van der Waals surface area contributed by atoms with E-state index in [-0.39, 0.29) is 5.82 Å². The zero-order valence-corrected chi connectivity index (χ0v) is 9.83. The van der Waals surface area contributed by atoms with Crippen molar-refractivity contribution < 1.29 is 9.13 Å². The van der Waals surface area contributed by atoms with Crippen LogP contribution in [-0.4, -0.2) is 0 Å². The van der Waals surface area contributed by atoms with Crippen LogP contribution in [0.15, 0.2) is 36.4 Å². The largest absolute Gasteiger partial charge is 0.455 e. The third kappa shape index (κ3) is 2.38. The molecular weight excluding hydrogens is 217 g/mol. The molecule has 0 aromatic heterocycles. The highest BCUT2D eigenvalue weighted by molar-refractivity contribution is 5.59. The van der Waals surface area contributed by atoms with E-state index < -0.39 is 0 Å². The number of anilines is 1. The fourth-order valence-electron chi connectivity index (χ4n) is 1.59. The summed E-state index contributed by atoms with van der Waals surface area (Å²) in [7, 11) is 0. The lowest BCUT2D eigenvalue weighted by atomic mass is 10.2. The highest BCUT2D eigenvalue weighted by Gasteiger charge is 2.06. The number of nitrogens with two attached hydrogens (primary N) is 1. The van der Waals surface area contributed by atoms with E-state index in [1.54, 1.807) is 19.1 Å². The average molecular weight is 231 g/mol. The number of para-hydroxylation sites is 1. The van der Waals surface area contributed by atoms with Gasteiger partial charge in [0.2, 0.25) is 0 Å². The molecule has 0 spiro atoms. The molecule has 0 radical (unpaired) electrons. The Bertz CT molecular complexity index is 552. The minimum Gasteiger partial charge on any atom is -0.455 e. The van der Waals surface area contributed by atoms with Gasteiger partial charge in [-0.3, -0.25) is 0 Å². The van der Waals surface area contributed by atoms with E-state index in [0.29, 0.717) is 17.2 Å². The number of halogens is 1. The van der Waals surface area contributed by atoms with E-state index in [4.69, 9.17) is 10.5 Å². The smallest absolute Gasteiger partial charge is 0.150 e. The number of rotatable bonds is 2. The lowest BCUT2D eigenvalue weighted by Gasteiger charge is -2.12. The second-order valence-electron chi connectivity index (χ2n) is 4.00. The summed E-state index contributed by atoms with van der Waals surface area (Å²) < 4.78 is 18.6. The van der Waals surface area contributed by atoms with E-state index in [9.17, 15) is 4.39 Å². The number of benzene rings is 2. The summed E-state index contributed by atoms with van der Waals surface area (Å²) in [5.74, 6) is 0.940. The van der Waals surface area contributed by atoms with Gasteiger partial charge < -0.3 is 10.5 Å². The Labute approximate surface area is 99.8 Å². The van der Waals surface area contributed by atoms with Gasteiger partial charge in [0, 0.05) is 0 Å². The molecule has 2 aromatic rings. The SMILES string of the molecule is Cc1cc(F)ccc1Oc1cccc(C)c1N. The van der Waals surface area contributed by atoms with E-state index in [0.717, 1.165) is 11.1 Å². The van der Waals surface area contributed by atoms with Gasteiger partial charge in [0.05, 0.1) is 5.69 Å². The van der Waals surface area contributed by atoms with Gasteiger partial charge in [0.1, 0.15) is 11.6 Å². The average Bonchev–Trinajstić information content (AvgIpc) is 2.28. The van der Waals surface area contributed by atoms with Gasteiger partial charge in [0.15, 0.2) is 5.75 Å². The third-order valence-electron chi connectivity index (χ3n) is 2.64. The van der Waals surface area contributed by atoms with Crippen molar-refractivity contribution in [2.24, 2.45) is 0 Å². The van der Waals surface area contributed by atoms with Gasteiger partial charge in [-0.05, 0) is 49.2 Å². The molecule has 0 unspecified atom stereocenters. The molecular formula is C14H14FNO. The lowest BCUT2D eigenvalue weighted by Crippen LogP contribution is -1.95. The number of aryl methyl sites for hydroxylation is 2. The fourth-order valence-corrected chi connectivity index (χ4v) is 1.59. The maximum absolute atomic E-state index is 12.9. The van der Waals surface area contributed by atoms with Gasteiger partial charge in [-0.1, -0.05) is 12.1 Å². The van der Waals surface area contributed by atoms with Crippen molar-refractivity contribution in [3.8, 4) is 11.5 Å². The fraction of sp³-hybridized carbons (Fsp3) is 0.143. The molecule has 0 fully saturated rings. The van der Waals surface area contributed by atoms with Crippen LogP contribution in [0.4, 0.5) is 10.1 Å². The molecule has 2 N–H and O–H groups in total. The van der Waals surface area contributed by atoms with Crippen LogP contribution in [0.25, 0.3) is 0 Å². The Morgan fingerprint density at radius 3 is 2.47 bits per heavy atom. The summed E-state index contributed by atoms with van der Waals surface area (Å²) in [6.07, 6.45) is 0. The second kappa shape index (κ2) is 4.45. The van der Waals surface area contributed by atoms with Gasteiger partial charge in [-0.2, -0.15) is 0 Å². The predicted molar refractivity (Wildman–Crippen MR) is 66.8 cm³/mol. The first-order valence-corrected chi connectivity index (χ1v) is 5.37. The van der Waals surface area contributed by atoms with Gasteiger partial charge in [-0.15, -0.1) is 0 Å². The molecule has 0 aliphatic carbocycles. The van der Waals surface area contributed by atoms with E-state index in [1.165, 1.54) is 12.1 Å². The van der Waals surface area contributed by atoms with Crippen LogP contribution in [0.1, 0.15) is 11.1 Å². The molecule has 0 saturated carbocycles. The Morgan fingerprint density at radius 1 is 1.00 bits per heavy atom. The van der Waals surface area contributed by atoms with Crippen molar-refractivity contribution in [3.05, 3.63) is 53.3 Å². The van der Waals surface area contributed by atoms with Gasteiger partial charge in [-0.25, -0.2) is 4.39 Å². The third-order valence-corrected chi connectivity index (χ3v) is 2.64. The molecule has 2 nitrogen and oxygen atoms in total. The van der Waals surface area contributed by atoms with Crippen LogP contribution in [0.3, 0.4) is 0 Å². The van der Waals surface area contributed by atoms with Crippen LogP contribution >= 0.6 is 0 Å². The predicted octanol–water partition coefficient (Wildman–Crippen LogP) is 3.82. The van der Waals surface area contributed by atoms with Crippen LogP contribution in [0, 0.1) is 19.7 Å². The molecule has 0 atom stereocenters. The Hall–Kier alpha value is -2.03. The Balaban J connectivity index is 2.35. The van der Waals surface area contributed by atoms with Crippen molar-refractivity contribution in [1.82, 2.24) is 0 Å². The summed E-state index contributed by atoms with van der Waals surface area (Å²) in [6, 6.07) is 9.99.